The number of nitrogens with zero attached hydrogens (tertiary/aromatic N) is 1. The van der Waals surface area contributed by atoms with E-state index in [-0.39, 0.29) is 11.9 Å². The molecular weight excluding hydrogens is 252 g/mol. The van der Waals surface area contributed by atoms with Gasteiger partial charge >= 0.3 is 0 Å². The van der Waals surface area contributed by atoms with Crippen LogP contribution in [0, 0.1) is 6.92 Å². The molecule has 0 saturated heterocycles. The molecule has 104 valence electrons. The van der Waals surface area contributed by atoms with Gasteiger partial charge in [-0.2, -0.15) is 0 Å². The Kier molecular flexibility index (Phi) is 3.32. The summed E-state index contributed by atoms with van der Waals surface area (Å²) in [6.07, 6.45) is 0. The zero-order valence-corrected chi connectivity index (χ0v) is 11.7. The van der Waals surface area contributed by atoms with E-state index in [9.17, 15) is 4.79 Å². The van der Waals surface area contributed by atoms with Crippen molar-refractivity contribution in [1.29, 1.82) is 0 Å². The van der Waals surface area contributed by atoms with Gasteiger partial charge in [0.05, 0.1) is 0 Å². The van der Waals surface area contributed by atoms with Crippen LogP contribution in [0.1, 0.15) is 28.8 Å². The fraction of sp³-hybridized carbons (Fsp3) is 0.312. The summed E-state index contributed by atoms with van der Waals surface area (Å²) in [4.78, 5) is 14.5. The SMILES string of the molecule is Cc1ccc(C(=O)N2CC(C)NCc3ccccc32)o1. The van der Waals surface area contributed by atoms with E-state index in [1.54, 1.807) is 11.0 Å². The van der Waals surface area contributed by atoms with Crippen molar-refractivity contribution in [3.63, 3.8) is 0 Å². The minimum Gasteiger partial charge on any atom is -0.456 e. The Bertz CT molecular complexity index is 633. The van der Waals surface area contributed by atoms with Gasteiger partial charge in [-0.05, 0) is 37.6 Å². The van der Waals surface area contributed by atoms with E-state index in [1.807, 2.05) is 37.3 Å². The monoisotopic (exact) mass is 270 g/mol. The molecule has 0 aliphatic carbocycles. The largest absolute Gasteiger partial charge is 0.456 e. The van der Waals surface area contributed by atoms with Gasteiger partial charge in [-0.25, -0.2) is 0 Å². The number of amides is 1. The van der Waals surface area contributed by atoms with Crippen molar-refractivity contribution in [2.45, 2.75) is 26.4 Å². The summed E-state index contributed by atoms with van der Waals surface area (Å²) in [7, 11) is 0. The Morgan fingerprint density at radius 1 is 1.30 bits per heavy atom. The fourth-order valence-corrected chi connectivity index (χ4v) is 2.52. The third-order valence-corrected chi connectivity index (χ3v) is 3.58. The second kappa shape index (κ2) is 5.13. The van der Waals surface area contributed by atoms with Crippen molar-refractivity contribution in [2.24, 2.45) is 0 Å². The zero-order valence-electron chi connectivity index (χ0n) is 11.7. The highest BCUT2D eigenvalue weighted by molar-refractivity contribution is 6.04. The predicted molar refractivity (Wildman–Crippen MR) is 77.9 cm³/mol. The maximum atomic E-state index is 12.7. The van der Waals surface area contributed by atoms with Crippen molar-refractivity contribution in [2.75, 3.05) is 11.4 Å². The molecule has 1 amide bonds. The maximum Gasteiger partial charge on any atom is 0.294 e. The normalized spacial score (nSPS) is 18.5. The molecule has 1 aromatic carbocycles. The lowest BCUT2D eigenvalue weighted by Crippen LogP contribution is -2.39. The third kappa shape index (κ3) is 2.34. The molecule has 1 aliphatic rings. The third-order valence-electron chi connectivity index (χ3n) is 3.58. The molecule has 3 rings (SSSR count). The first-order valence-corrected chi connectivity index (χ1v) is 6.85. The van der Waals surface area contributed by atoms with Gasteiger partial charge in [0.15, 0.2) is 5.76 Å². The van der Waals surface area contributed by atoms with Gasteiger partial charge < -0.3 is 14.6 Å². The van der Waals surface area contributed by atoms with E-state index in [2.05, 4.69) is 12.2 Å². The van der Waals surface area contributed by atoms with Crippen molar-refractivity contribution in [3.05, 3.63) is 53.5 Å². The number of rotatable bonds is 1. The lowest BCUT2D eigenvalue weighted by Gasteiger charge is -2.23. The van der Waals surface area contributed by atoms with Gasteiger partial charge in [-0.3, -0.25) is 4.79 Å². The molecule has 0 saturated carbocycles. The van der Waals surface area contributed by atoms with E-state index in [0.29, 0.717) is 12.3 Å². The topological polar surface area (TPSA) is 45.5 Å². The average molecular weight is 270 g/mol. The minimum absolute atomic E-state index is 0.0823. The number of hydrogen-bond donors (Lipinski definition) is 1. The zero-order chi connectivity index (χ0) is 14.1. The van der Waals surface area contributed by atoms with Gasteiger partial charge in [0, 0.05) is 24.8 Å². The molecule has 1 atom stereocenters. The summed E-state index contributed by atoms with van der Waals surface area (Å²) in [5.41, 5.74) is 2.09. The Morgan fingerprint density at radius 2 is 2.10 bits per heavy atom. The number of nitrogens with one attached hydrogen (secondary N) is 1. The molecule has 4 nitrogen and oxygen atoms in total. The number of aryl methyl sites for hydroxylation is 1. The van der Waals surface area contributed by atoms with E-state index in [1.165, 1.54) is 0 Å². The fourth-order valence-electron chi connectivity index (χ4n) is 2.52. The molecule has 1 aliphatic heterocycles. The molecule has 2 aromatic rings. The highest BCUT2D eigenvalue weighted by Crippen LogP contribution is 2.25. The number of benzene rings is 1. The van der Waals surface area contributed by atoms with Gasteiger partial charge in [0.1, 0.15) is 5.76 Å². The van der Waals surface area contributed by atoms with Crippen molar-refractivity contribution < 1.29 is 9.21 Å². The van der Waals surface area contributed by atoms with Crippen LogP contribution in [0.5, 0.6) is 0 Å². The smallest absolute Gasteiger partial charge is 0.294 e. The Hall–Kier alpha value is -2.07. The van der Waals surface area contributed by atoms with Crippen molar-refractivity contribution in [1.82, 2.24) is 5.32 Å². The van der Waals surface area contributed by atoms with Crippen LogP contribution in [0.3, 0.4) is 0 Å². The highest BCUT2D eigenvalue weighted by Gasteiger charge is 2.26. The lowest BCUT2D eigenvalue weighted by atomic mass is 10.1. The molecule has 1 unspecified atom stereocenters. The molecule has 4 heteroatoms. The van der Waals surface area contributed by atoms with Crippen LogP contribution in [0.15, 0.2) is 40.8 Å². The number of fused-ring (bicyclic) bond motifs is 1. The summed E-state index contributed by atoms with van der Waals surface area (Å²) in [6, 6.07) is 11.8. The second-order valence-corrected chi connectivity index (χ2v) is 5.24. The number of carbonyl (C=O) groups excluding carboxylic acids is 1. The highest BCUT2D eigenvalue weighted by atomic mass is 16.3. The van der Waals surface area contributed by atoms with Gasteiger partial charge in [-0.15, -0.1) is 0 Å². The Morgan fingerprint density at radius 3 is 2.85 bits per heavy atom. The Labute approximate surface area is 118 Å². The molecule has 0 fully saturated rings. The quantitative estimate of drug-likeness (QED) is 0.866. The molecule has 1 aromatic heterocycles. The van der Waals surface area contributed by atoms with Crippen molar-refractivity contribution in [3.8, 4) is 0 Å². The molecule has 1 N–H and O–H groups in total. The first-order valence-electron chi connectivity index (χ1n) is 6.85. The lowest BCUT2D eigenvalue weighted by molar-refractivity contribution is 0.0957. The standard InChI is InChI=1S/C16H18N2O2/c1-11-10-18(16(19)15-8-7-12(2)20-15)14-6-4-3-5-13(14)9-17-11/h3-8,11,17H,9-10H2,1-2H3. The summed E-state index contributed by atoms with van der Waals surface area (Å²) < 4.78 is 5.48. The van der Waals surface area contributed by atoms with Crippen LogP contribution >= 0.6 is 0 Å². The van der Waals surface area contributed by atoms with Crippen LogP contribution in [0.25, 0.3) is 0 Å². The minimum atomic E-state index is -0.0823. The van der Waals surface area contributed by atoms with Crippen LogP contribution in [-0.2, 0) is 6.54 Å². The van der Waals surface area contributed by atoms with Crippen LogP contribution in [-0.4, -0.2) is 18.5 Å². The number of carbonyl (C=O) groups is 1. The summed E-state index contributed by atoms with van der Waals surface area (Å²) in [5, 5.41) is 3.42. The number of furan rings is 1. The number of para-hydroxylation sites is 1. The summed E-state index contributed by atoms with van der Waals surface area (Å²) in [6.45, 7) is 5.34. The van der Waals surface area contributed by atoms with E-state index in [0.717, 1.165) is 23.6 Å². The molecular formula is C16H18N2O2. The average Bonchev–Trinajstić information content (AvgIpc) is 2.81. The molecule has 0 radical (unpaired) electrons. The van der Waals surface area contributed by atoms with E-state index < -0.39 is 0 Å². The van der Waals surface area contributed by atoms with E-state index >= 15 is 0 Å². The van der Waals surface area contributed by atoms with Gasteiger partial charge in [-0.1, -0.05) is 18.2 Å². The molecule has 0 spiro atoms. The van der Waals surface area contributed by atoms with Crippen LogP contribution in [0.2, 0.25) is 0 Å². The summed E-state index contributed by atoms with van der Waals surface area (Å²) >= 11 is 0. The van der Waals surface area contributed by atoms with E-state index in [4.69, 9.17) is 4.42 Å². The second-order valence-electron chi connectivity index (χ2n) is 5.24. The van der Waals surface area contributed by atoms with Gasteiger partial charge in [0.2, 0.25) is 0 Å². The molecule has 0 bridgehead atoms. The first-order chi connectivity index (χ1) is 9.65. The first kappa shape index (κ1) is 12.9. The van der Waals surface area contributed by atoms with Crippen LogP contribution in [0.4, 0.5) is 5.69 Å². The van der Waals surface area contributed by atoms with Gasteiger partial charge in [0.25, 0.3) is 5.91 Å². The van der Waals surface area contributed by atoms with Crippen molar-refractivity contribution >= 4 is 11.6 Å². The van der Waals surface area contributed by atoms with Crippen LogP contribution < -0.4 is 10.2 Å². The summed E-state index contributed by atoms with van der Waals surface area (Å²) in [5.74, 6) is 1.06. The molecule has 2 heterocycles. The number of hydrogen-bond acceptors (Lipinski definition) is 3. The number of anilines is 1. The predicted octanol–water partition coefficient (Wildman–Crippen LogP) is 2.73. The maximum absolute atomic E-state index is 12.7. The molecule has 20 heavy (non-hydrogen) atoms. The Balaban J connectivity index is 2.00.